The maximum atomic E-state index is 10.6. The first-order chi connectivity index (χ1) is 6.28. The molecule has 0 heterocycles. The molecule has 0 spiro atoms. The molecule has 14 heavy (non-hydrogen) atoms. The number of carboxylic acids is 1. The molecular formula is C10H21NO3. The highest BCUT2D eigenvalue weighted by Crippen LogP contribution is 2.12. The minimum absolute atomic E-state index is 0.0200. The van der Waals surface area contributed by atoms with E-state index in [4.69, 9.17) is 5.11 Å². The Hall–Kier alpha value is -0.610. The highest BCUT2D eigenvalue weighted by molar-refractivity contribution is 5.69. The van der Waals surface area contributed by atoms with Crippen LogP contribution in [-0.2, 0) is 4.79 Å². The van der Waals surface area contributed by atoms with Crippen molar-refractivity contribution in [3.8, 4) is 0 Å². The third-order valence-corrected chi connectivity index (χ3v) is 2.37. The molecule has 0 aliphatic rings. The predicted molar refractivity (Wildman–Crippen MR) is 55.3 cm³/mol. The summed E-state index contributed by atoms with van der Waals surface area (Å²) in [6.45, 7) is 7.84. The summed E-state index contributed by atoms with van der Waals surface area (Å²) in [7, 11) is 0. The van der Waals surface area contributed by atoms with Crippen LogP contribution in [0.25, 0.3) is 0 Å². The van der Waals surface area contributed by atoms with Gasteiger partial charge in [-0.05, 0) is 27.2 Å². The van der Waals surface area contributed by atoms with Gasteiger partial charge in [-0.25, -0.2) is 0 Å². The fourth-order valence-electron chi connectivity index (χ4n) is 1.14. The third-order valence-electron chi connectivity index (χ3n) is 2.37. The minimum Gasteiger partial charge on any atom is -0.480 e. The lowest BCUT2D eigenvalue weighted by atomic mass is 10.0. The fraction of sp³-hybridized carbons (Fsp3) is 0.900. The van der Waals surface area contributed by atoms with Crippen LogP contribution in [0.2, 0.25) is 0 Å². The Labute approximate surface area is 85.5 Å². The van der Waals surface area contributed by atoms with E-state index in [1.54, 1.807) is 11.8 Å². The van der Waals surface area contributed by atoms with Gasteiger partial charge in [0.05, 0.1) is 12.1 Å². The van der Waals surface area contributed by atoms with E-state index in [1.165, 1.54) is 0 Å². The van der Waals surface area contributed by atoms with Crippen LogP contribution in [0.1, 0.15) is 34.1 Å². The van der Waals surface area contributed by atoms with Crippen molar-refractivity contribution in [1.29, 1.82) is 0 Å². The number of hydrogen-bond donors (Lipinski definition) is 2. The van der Waals surface area contributed by atoms with Crippen molar-refractivity contribution in [2.45, 2.75) is 45.8 Å². The van der Waals surface area contributed by atoms with E-state index in [1.807, 2.05) is 20.8 Å². The predicted octanol–water partition coefficient (Wildman–Crippen LogP) is 0.942. The first kappa shape index (κ1) is 13.4. The van der Waals surface area contributed by atoms with Gasteiger partial charge in [-0.15, -0.1) is 0 Å². The number of hydrogen-bond acceptors (Lipinski definition) is 3. The second-order valence-electron chi connectivity index (χ2n) is 4.24. The number of carboxylic acid groups (broad SMARTS) is 1. The number of rotatable bonds is 6. The summed E-state index contributed by atoms with van der Waals surface area (Å²) in [5.74, 6) is -0.856. The van der Waals surface area contributed by atoms with E-state index in [-0.39, 0.29) is 12.6 Å². The summed E-state index contributed by atoms with van der Waals surface area (Å²) < 4.78 is 0. The van der Waals surface area contributed by atoms with Crippen LogP contribution in [0.3, 0.4) is 0 Å². The smallest absolute Gasteiger partial charge is 0.317 e. The van der Waals surface area contributed by atoms with E-state index in [0.29, 0.717) is 13.0 Å². The molecule has 0 radical (unpaired) electrons. The molecule has 0 amide bonds. The minimum atomic E-state index is -0.856. The Kier molecular flexibility index (Phi) is 5.08. The molecule has 4 nitrogen and oxygen atoms in total. The first-order valence-corrected chi connectivity index (χ1v) is 4.96. The van der Waals surface area contributed by atoms with Crippen LogP contribution in [0.4, 0.5) is 0 Å². The lowest BCUT2D eigenvalue weighted by molar-refractivity contribution is -0.139. The standard InChI is InChI=1S/C10H21NO3/c1-5-10(4,14)7-11(8(2)3)6-9(12)13/h8,14H,5-7H2,1-4H3,(H,12,13). The zero-order valence-electron chi connectivity index (χ0n) is 9.45. The van der Waals surface area contributed by atoms with E-state index in [2.05, 4.69) is 0 Å². The van der Waals surface area contributed by atoms with Crippen molar-refractivity contribution >= 4 is 5.97 Å². The average Bonchev–Trinajstić information content (AvgIpc) is 2.02. The van der Waals surface area contributed by atoms with Gasteiger partial charge >= 0.3 is 5.97 Å². The molecule has 0 bridgehead atoms. The lowest BCUT2D eigenvalue weighted by Gasteiger charge is -2.32. The molecule has 0 fully saturated rings. The Bertz CT molecular complexity index is 190. The van der Waals surface area contributed by atoms with Crippen molar-refractivity contribution in [1.82, 2.24) is 4.90 Å². The van der Waals surface area contributed by atoms with E-state index in [9.17, 15) is 9.90 Å². The van der Waals surface area contributed by atoms with Crippen LogP contribution in [0.5, 0.6) is 0 Å². The van der Waals surface area contributed by atoms with Crippen LogP contribution >= 0.6 is 0 Å². The normalized spacial score (nSPS) is 15.9. The van der Waals surface area contributed by atoms with Crippen molar-refractivity contribution in [3.05, 3.63) is 0 Å². The molecule has 0 aliphatic carbocycles. The third kappa shape index (κ3) is 5.19. The second-order valence-corrected chi connectivity index (χ2v) is 4.24. The summed E-state index contributed by atoms with van der Waals surface area (Å²) in [6.07, 6.45) is 0.621. The highest BCUT2D eigenvalue weighted by Gasteiger charge is 2.24. The van der Waals surface area contributed by atoms with Crippen LogP contribution in [-0.4, -0.2) is 45.8 Å². The number of carbonyl (C=O) groups is 1. The molecule has 0 saturated heterocycles. The van der Waals surface area contributed by atoms with Gasteiger partial charge in [-0.2, -0.15) is 0 Å². The monoisotopic (exact) mass is 203 g/mol. The number of nitrogens with zero attached hydrogens (tertiary/aromatic N) is 1. The maximum absolute atomic E-state index is 10.6. The van der Waals surface area contributed by atoms with Crippen LogP contribution in [0, 0.1) is 0 Å². The molecule has 0 aromatic carbocycles. The van der Waals surface area contributed by atoms with Gasteiger partial charge < -0.3 is 10.2 Å². The van der Waals surface area contributed by atoms with Crippen molar-refractivity contribution in [2.24, 2.45) is 0 Å². The molecule has 0 aliphatic heterocycles. The van der Waals surface area contributed by atoms with Gasteiger partial charge in [0.2, 0.25) is 0 Å². The second kappa shape index (κ2) is 5.32. The Morgan fingerprint density at radius 2 is 2.00 bits per heavy atom. The molecule has 0 aromatic rings. The quantitative estimate of drug-likeness (QED) is 0.674. The molecule has 1 atom stereocenters. The highest BCUT2D eigenvalue weighted by atomic mass is 16.4. The van der Waals surface area contributed by atoms with Crippen molar-refractivity contribution in [2.75, 3.05) is 13.1 Å². The average molecular weight is 203 g/mol. The molecule has 2 N–H and O–H groups in total. The summed E-state index contributed by atoms with van der Waals surface area (Å²) in [5, 5.41) is 18.5. The largest absolute Gasteiger partial charge is 0.480 e. The molecular weight excluding hydrogens is 182 g/mol. The van der Waals surface area contributed by atoms with Gasteiger partial charge in [0.1, 0.15) is 0 Å². The summed E-state index contributed by atoms with van der Waals surface area (Å²) in [6, 6.07) is 0.129. The zero-order chi connectivity index (χ0) is 11.4. The Morgan fingerprint density at radius 1 is 1.50 bits per heavy atom. The van der Waals surface area contributed by atoms with Crippen LogP contribution < -0.4 is 0 Å². The van der Waals surface area contributed by atoms with Gasteiger partial charge in [-0.3, -0.25) is 9.69 Å². The van der Waals surface area contributed by atoms with Crippen molar-refractivity contribution in [3.63, 3.8) is 0 Å². The van der Waals surface area contributed by atoms with Crippen LogP contribution in [0.15, 0.2) is 0 Å². The number of aliphatic carboxylic acids is 1. The lowest BCUT2D eigenvalue weighted by Crippen LogP contribution is -2.45. The Balaban J connectivity index is 4.30. The molecule has 0 saturated carbocycles. The Morgan fingerprint density at radius 3 is 2.29 bits per heavy atom. The summed E-state index contributed by atoms with van der Waals surface area (Å²) >= 11 is 0. The molecule has 1 unspecified atom stereocenters. The van der Waals surface area contributed by atoms with E-state index in [0.717, 1.165) is 0 Å². The summed E-state index contributed by atoms with van der Waals surface area (Å²) in [5.41, 5.74) is -0.806. The van der Waals surface area contributed by atoms with Gasteiger partial charge in [0.15, 0.2) is 0 Å². The fourth-order valence-corrected chi connectivity index (χ4v) is 1.14. The zero-order valence-corrected chi connectivity index (χ0v) is 9.45. The molecule has 0 aromatic heterocycles. The first-order valence-electron chi connectivity index (χ1n) is 4.96. The molecule has 4 heteroatoms. The van der Waals surface area contributed by atoms with Gasteiger partial charge in [-0.1, -0.05) is 6.92 Å². The van der Waals surface area contributed by atoms with Crippen molar-refractivity contribution < 1.29 is 15.0 Å². The van der Waals surface area contributed by atoms with E-state index < -0.39 is 11.6 Å². The van der Waals surface area contributed by atoms with Gasteiger partial charge in [0.25, 0.3) is 0 Å². The van der Waals surface area contributed by atoms with Gasteiger partial charge in [0, 0.05) is 12.6 Å². The topological polar surface area (TPSA) is 60.8 Å². The SMILES string of the molecule is CCC(C)(O)CN(CC(=O)O)C(C)C. The van der Waals surface area contributed by atoms with E-state index >= 15 is 0 Å². The molecule has 0 rings (SSSR count). The summed E-state index contributed by atoms with van der Waals surface area (Å²) in [4.78, 5) is 12.3. The maximum Gasteiger partial charge on any atom is 0.317 e. The number of aliphatic hydroxyl groups is 1. The molecule has 84 valence electrons.